The summed E-state index contributed by atoms with van der Waals surface area (Å²) in [4.78, 5) is 4.86. The Morgan fingerprint density at radius 3 is 1.52 bits per heavy atom. The summed E-state index contributed by atoms with van der Waals surface area (Å²) in [7, 11) is 0. The van der Waals surface area contributed by atoms with Crippen molar-refractivity contribution in [3.8, 4) is 11.1 Å². The highest BCUT2D eigenvalue weighted by molar-refractivity contribution is 6.29. The molecule has 0 aliphatic heterocycles. The maximum Gasteiger partial charge on any atom is 0.160 e. The van der Waals surface area contributed by atoms with Gasteiger partial charge in [0.25, 0.3) is 0 Å². The summed E-state index contributed by atoms with van der Waals surface area (Å²) in [5.41, 5.74) is 12.1. The Labute approximate surface area is 355 Å². The van der Waals surface area contributed by atoms with Crippen molar-refractivity contribution >= 4 is 99.2 Å². The molecule has 0 unspecified atom stereocenters. The highest BCUT2D eigenvalue weighted by atomic mass is 16.3. The van der Waals surface area contributed by atoms with Gasteiger partial charge in [-0.05, 0) is 103 Å². The van der Waals surface area contributed by atoms with E-state index in [9.17, 15) is 0 Å². The molecule has 1 heterocycles. The Bertz CT molecular complexity index is 3560. The van der Waals surface area contributed by atoms with E-state index in [0.717, 1.165) is 45.3 Å². The summed E-state index contributed by atoms with van der Waals surface area (Å²) in [6, 6.07) is 73.1. The van der Waals surface area contributed by atoms with Crippen LogP contribution in [0.3, 0.4) is 0 Å². The standard InChI is InChI=1S/C58H42N2O/c1-58(2,3)42-28-30-44(31-29-42)60(51-36-27-41-22-21-38-15-12-20-52-55(38)56(41)57(51)61-52)50-35-26-40-23-32-46-49(34-25-39-24-33-47(50)54(40)53(39)46)59(43-16-8-5-9-17-43)48-19-11-10-18-45(48)37-13-6-4-7-14-37/h4-36H,1-3H3. The monoisotopic (exact) mass is 782 g/mol. The Kier molecular flexibility index (Phi) is 7.79. The predicted octanol–water partition coefficient (Wildman–Crippen LogP) is 17.0. The van der Waals surface area contributed by atoms with Gasteiger partial charge in [0.15, 0.2) is 5.58 Å². The predicted molar refractivity (Wildman–Crippen MR) is 260 cm³/mol. The molecule has 0 aliphatic rings. The minimum Gasteiger partial charge on any atom is -0.454 e. The van der Waals surface area contributed by atoms with Crippen molar-refractivity contribution in [2.24, 2.45) is 0 Å². The van der Waals surface area contributed by atoms with Crippen molar-refractivity contribution in [2.75, 3.05) is 9.80 Å². The zero-order valence-corrected chi connectivity index (χ0v) is 34.4. The molecular formula is C58H42N2O. The fraction of sp³-hybridized carbons (Fsp3) is 0.0690. The molecule has 3 nitrogen and oxygen atoms in total. The number of rotatable bonds is 7. The molecule has 290 valence electrons. The third kappa shape index (κ3) is 5.51. The Hall–Kier alpha value is -7.62. The quantitative estimate of drug-likeness (QED) is 0.150. The van der Waals surface area contributed by atoms with Crippen LogP contribution in [0.25, 0.3) is 76.2 Å². The highest BCUT2D eigenvalue weighted by Crippen LogP contribution is 2.51. The van der Waals surface area contributed by atoms with Gasteiger partial charge in [-0.1, -0.05) is 166 Å². The third-order valence-electron chi connectivity index (χ3n) is 12.7. The normalized spacial score (nSPS) is 12.2. The van der Waals surface area contributed by atoms with Crippen LogP contribution in [-0.2, 0) is 5.41 Å². The van der Waals surface area contributed by atoms with E-state index in [-0.39, 0.29) is 5.41 Å². The summed E-state index contributed by atoms with van der Waals surface area (Å²) in [5.74, 6) is 0. The van der Waals surface area contributed by atoms with E-state index in [0.29, 0.717) is 0 Å². The number of benzene rings is 11. The van der Waals surface area contributed by atoms with Crippen molar-refractivity contribution < 1.29 is 4.42 Å². The zero-order chi connectivity index (χ0) is 40.8. The van der Waals surface area contributed by atoms with Crippen LogP contribution in [0, 0.1) is 0 Å². The van der Waals surface area contributed by atoms with Crippen LogP contribution >= 0.6 is 0 Å². The smallest absolute Gasteiger partial charge is 0.160 e. The maximum atomic E-state index is 6.89. The minimum atomic E-state index is 0.0245. The zero-order valence-electron chi connectivity index (χ0n) is 34.4. The molecule has 0 N–H and O–H groups in total. The van der Waals surface area contributed by atoms with E-state index in [2.05, 4.69) is 231 Å². The van der Waals surface area contributed by atoms with Crippen LogP contribution in [-0.4, -0.2) is 0 Å². The molecule has 0 fully saturated rings. The molecule has 12 rings (SSSR count). The van der Waals surface area contributed by atoms with Gasteiger partial charge in [-0.25, -0.2) is 0 Å². The average Bonchev–Trinajstić information content (AvgIpc) is 3.71. The number of hydrogen-bond donors (Lipinski definition) is 0. The van der Waals surface area contributed by atoms with Gasteiger partial charge in [0.05, 0.1) is 22.7 Å². The first-order chi connectivity index (χ1) is 29.9. The van der Waals surface area contributed by atoms with E-state index in [1.165, 1.54) is 70.6 Å². The maximum absolute atomic E-state index is 6.89. The topological polar surface area (TPSA) is 19.6 Å². The molecule has 3 heteroatoms. The van der Waals surface area contributed by atoms with E-state index in [1.54, 1.807) is 0 Å². The second-order valence-corrected chi connectivity index (χ2v) is 17.3. The molecule has 0 amide bonds. The number of para-hydroxylation sites is 2. The van der Waals surface area contributed by atoms with Gasteiger partial charge in [0.2, 0.25) is 0 Å². The van der Waals surface area contributed by atoms with Crippen LogP contribution in [0.4, 0.5) is 34.1 Å². The fourth-order valence-corrected chi connectivity index (χ4v) is 9.79. The number of nitrogens with zero attached hydrogens (tertiary/aromatic N) is 2. The molecule has 0 spiro atoms. The van der Waals surface area contributed by atoms with Gasteiger partial charge < -0.3 is 14.2 Å². The third-order valence-corrected chi connectivity index (χ3v) is 12.7. The minimum absolute atomic E-state index is 0.0245. The second-order valence-electron chi connectivity index (χ2n) is 17.3. The molecule has 0 atom stereocenters. The van der Waals surface area contributed by atoms with Crippen LogP contribution in [0.15, 0.2) is 205 Å². The number of furan rings is 1. The van der Waals surface area contributed by atoms with Crippen LogP contribution in [0.1, 0.15) is 26.3 Å². The van der Waals surface area contributed by atoms with Gasteiger partial charge in [0.1, 0.15) is 5.58 Å². The molecule has 61 heavy (non-hydrogen) atoms. The first-order valence-corrected chi connectivity index (χ1v) is 21.2. The summed E-state index contributed by atoms with van der Waals surface area (Å²) in [6.45, 7) is 6.82. The lowest BCUT2D eigenvalue weighted by atomic mass is 9.87. The molecule has 11 aromatic carbocycles. The number of hydrogen-bond acceptors (Lipinski definition) is 3. The Morgan fingerprint density at radius 2 is 0.869 bits per heavy atom. The summed E-state index contributed by atoms with van der Waals surface area (Å²) < 4.78 is 6.89. The SMILES string of the molecule is CC(C)(C)c1ccc(N(c2ccc3ccc4c(N(c5ccccc5)c5ccccc5-c5ccccc5)ccc5ccc2c3c54)c2ccc3ccc4cccc5oc2c3c45)cc1. The summed E-state index contributed by atoms with van der Waals surface area (Å²) in [6.07, 6.45) is 0. The van der Waals surface area contributed by atoms with Crippen molar-refractivity contribution in [3.05, 3.63) is 206 Å². The van der Waals surface area contributed by atoms with Crippen molar-refractivity contribution in [3.63, 3.8) is 0 Å². The van der Waals surface area contributed by atoms with Gasteiger partial charge in [-0.3, -0.25) is 0 Å². The van der Waals surface area contributed by atoms with Crippen molar-refractivity contribution in [1.82, 2.24) is 0 Å². The van der Waals surface area contributed by atoms with E-state index in [1.807, 2.05) is 0 Å². The molecule has 12 aromatic rings. The lowest BCUT2D eigenvalue weighted by Gasteiger charge is -2.30. The largest absolute Gasteiger partial charge is 0.454 e. The summed E-state index contributed by atoms with van der Waals surface area (Å²) in [5, 5.41) is 12.0. The van der Waals surface area contributed by atoms with Crippen molar-refractivity contribution in [1.29, 1.82) is 0 Å². The molecule has 0 aliphatic carbocycles. The summed E-state index contributed by atoms with van der Waals surface area (Å²) >= 11 is 0. The van der Waals surface area contributed by atoms with Gasteiger partial charge >= 0.3 is 0 Å². The highest BCUT2D eigenvalue weighted by Gasteiger charge is 2.26. The first kappa shape index (κ1) is 35.3. The van der Waals surface area contributed by atoms with E-state index >= 15 is 0 Å². The Balaban J connectivity index is 1.13. The lowest BCUT2D eigenvalue weighted by Crippen LogP contribution is -2.14. The van der Waals surface area contributed by atoms with Crippen LogP contribution in [0.2, 0.25) is 0 Å². The van der Waals surface area contributed by atoms with Crippen LogP contribution in [0.5, 0.6) is 0 Å². The number of anilines is 6. The van der Waals surface area contributed by atoms with E-state index in [4.69, 9.17) is 4.42 Å². The second kappa shape index (κ2) is 13.5. The molecule has 0 saturated carbocycles. The van der Waals surface area contributed by atoms with Gasteiger partial charge in [-0.2, -0.15) is 0 Å². The molecule has 0 saturated heterocycles. The van der Waals surface area contributed by atoms with Crippen molar-refractivity contribution in [2.45, 2.75) is 26.2 Å². The molecule has 0 bridgehead atoms. The van der Waals surface area contributed by atoms with Crippen LogP contribution < -0.4 is 9.80 Å². The lowest BCUT2D eigenvalue weighted by molar-refractivity contribution is 0.590. The first-order valence-electron chi connectivity index (χ1n) is 21.2. The fourth-order valence-electron chi connectivity index (χ4n) is 9.79. The van der Waals surface area contributed by atoms with E-state index < -0.39 is 0 Å². The van der Waals surface area contributed by atoms with Gasteiger partial charge in [-0.15, -0.1) is 0 Å². The Morgan fingerprint density at radius 1 is 0.361 bits per heavy atom. The molecule has 1 aromatic heterocycles. The average molecular weight is 783 g/mol. The van der Waals surface area contributed by atoms with Gasteiger partial charge in [0, 0.05) is 38.5 Å². The molecule has 0 radical (unpaired) electrons. The molecular weight excluding hydrogens is 741 g/mol.